The van der Waals surface area contributed by atoms with E-state index in [9.17, 15) is 0 Å². The number of anilines is 1. The number of hydrogen-bond donors (Lipinski definition) is 0. The topological polar surface area (TPSA) is 12.5 Å². The van der Waals surface area contributed by atoms with Crippen molar-refractivity contribution < 1.29 is 4.74 Å². The van der Waals surface area contributed by atoms with Crippen molar-refractivity contribution in [2.75, 3.05) is 12.0 Å². The molecule has 3 aromatic rings. The van der Waals surface area contributed by atoms with E-state index < -0.39 is 0 Å². The van der Waals surface area contributed by atoms with Crippen LogP contribution in [-0.4, -0.2) is 7.11 Å². The molecule has 0 radical (unpaired) electrons. The molecule has 0 aliphatic carbocycles. The van der Waals surface area contributed by atoms with Crippen LogP contribution in [0, 0.1) is 0 Å². The van der Waals surface area contributed by atoms with Crippen LogP contribution >= 0.6 is 0 Å². The molecule has 0 amide bonds. The summed E-state index contributed by atoms with van der Waals surface area (Å²) in [5, 5.41) is 0. The highest BCUT2D eigenvalue weighted by Gasteiger charge is 2.29. The lowest BCUT2D eigenvalue weighted by atomic mass is 9.87. The molecule has 0 saturated carbocycles. The van der Waals surface area contributed by atoms with Crippen LogP contribution < -0.4 is 9.64 Å². The van der Waals surface area contributed by atoms with Gasteiger partial charge in [0.2, 0.25) is 0 Å². The van der Waals surface area contributed by atoms with Gasteiger partial charge in [-0.2, -0.15) is 0 Å². The van der Waals surface area contributed by atoms with Gasteiger partial charge in [0, 0.05) is 11.4 Å². The van der Waals surface area contributed by atoms with E-state index in [-0.39, 0.29) is 6.04 Å². The first-order valence-corrected chi connectivity index (χ1v) is 9.62. The molecule has 3 aromatic carbocycles. The zero-order chi connectivity index (χ0) is 19.5. The summed E-state index contributed by atoms with van der Waals surface area (Å²) < 4.78 is 5.35. The highest BCUT2D eigenvalue weighted by atomic mass is 16.5. The molecule has 0 aromatic heterocycles. The molecule has 0 bridgehead atoms. The number of rotatable bonds is 4. The van der Waals surface area contributed by atoms with Gasteiger partial charge in [0.05, 0.1) is 13.2 Å². The molecule has 0 spiro atoms. The minimum absolute atomic E-state index is 0.148. The number of ether oxygens (including phenoxy) is 1. The second-order valence-electron chi connectivity index (χ2n) is 7.13. The second kappa shape index (κ2) is 7.77. The van der Waals surface area contributed by atoms with Crippen LogP contribution in [0.5, 0.6) is 5.75 Å². The summed E-state index contributed by atoms with van der Waals surface area (Å²) >= 11 is 0. The van der Waals surface area contributed by atoms with Crippen molar-refractivity contribution in [3.8, 4) is 5.75 Å². The summed E-state index contributed by atoms with van der Waals surface area (Å²) in [7, 11) is 1.70. The molecule has 0 saturated heterocycles. The summed E-state index contributed by atoms with van der Waals surface area (Å²) in [4.78, 5) is 2.41. The molecule has 1 unspecified atom stereocenters. The molecule has 1 aliphatic heterocycles. The molecule has 1 aliphatic rings. The van der Waals surface area contributed by atoms with Crippen LogP contribution in [0.15, 0.2) is 102 Å². The molecule has 4 rings (SSSR count). The van der Waals surface area contributed by atoms with Crippen LogP contribution in [0.2, 0.25) is 0 Å². The lowest BCUT2D eigenvalue weighted by Crippen LogP contribution is -2.31. The van der Waals surface area contributed by atoms with Crippen molar-refractivity contribution in [1.82, 2.24) is 0 Å². The van der Waals surface area contributed by atoms with E-state index in [1.807, 2.05) is 12.1 Å². The summed E-state index contributed by atoms with van der Waals surface area (Å²) in [5.74, 6) is 0.871. The van der Waals surface area contributed by atoms with Crippen molar-refractivity contribution in [2.24, 2.45) is 0 Å². The molecule has 0 fully saturated rings. The van der Waals surface area contributed by atoms with Gasteiger partial charge in [-0.3, -0.25) is 0 Å². The number of benzene rings is 3. The maximum absolute atomic E-state index is 5.35. The summed E-state index contributed by atoms with van der Waals surface area (Å²) in [6.07, 6.45) is 2.30. The zero-order valence-electron chi connectivity index (χ0n) is 16.6. The molecular weight excluding hydrogens is 342 g/mol. The molecule has 0 N–H and O–H groups in total. The predicted molar refractivity (Wildman–Crippen MR) is 117 cm³/mol. The number of hydrogen-bond acceptors (Lipinski definition) is 2. The lowest BCUT2D eigenvalue weighted by molar-refractivity contribution is 0.415. The van der Waals surface area contributed by atoms with Gasteiger partial charge in [0.25, 0.3) is 0 Å². The summed E-state index contributed by atoms with van der Waals surface area (Å²) in [5.41, 5.74) is 7.58. The van der Waals surface area contributed by atoms with E-state index in [0.29, 0.717) is 0 Å². The van der Waals surface area contributed by atoms with Gasteiger partial charge in [-0.05, 0) is 66.5 Å². The van der Waals surface area contributed by atoms with Crippen LogP contribution in [0.1, 0.15) is 31.0 Å². The van der Waals surface area contributed by atoms with E-state index in [2.05, 4.69) is 97.6 Å². The molecule has 2 nitrogen and oxygen atoms in total. The minimum atomic E-state index is 0.148. The van der Waals surface area contributed by atoms with E-state index in [1.165, 1.54) is 28.0 Å². The van der Waals surface area contributed by atoms with E-state index in [1.54, 1.807) is 7.11 Å². The van der Waals surface area contributed by atoms with Crippen molar-refractivity contribution in [3.05, 3.63) is 113 Å². The van der Waals surface area contributed by atoms with Crippen LogP contribution in [0.4, 0.5) is 5.69 Å². The van der Waals surface area contributed by atoms with Crippen molar-refractivity contribution in [3.63, 3.8) is 0 Å². The second-order valence-corrected chi connectivity index (χ2v) is 7.13. The Morgan fingerprint density at radius 3 is 1.96 bits per heavy atom. The van der Waals surface area contributed by atoms with Gasteiger partial charge in [-0.1, -0.05) is 60.7 Å². The van der Waals surface area contributed by atoms with Gasteiger partial charge < -0.3 is 9.64 Å². The largest absolute Gasteiger partial charge is 0.497 e. The third-order valence-corrected chi connectivity index (χ3v) is 5.38. The molecule has 140 valence electrons. The third-order valence-electron chi connectivity index (χ3n) is 5.38. The SMILES string of the molecule is COc1ccc(N2C(C)=CC(c3ccccc3)=C(C)C2c2ccccc2)cc1. The first kappa shape index (κ1) is 18.1. The molecule has 28 heavy (non-hydrogen) atoms. The van der Waals surface area contributed by atoms with E-state index >= 15 is 0 Å². The Bertz CT molecular complexity index is 1000. The molecule has 1 heterocycles. The maximum Gasteiger partial charge on any atom is 0.119 e. The Kier molecular flexibility index (Phi) is 5.03. The first-order valence-electron chi connectivity index (χ1n) is 9.62. The fourth-order valence-corrected chi connectivity index (χ4v) is 4.00. The highest BCUT2D eigenvalue weighted by molar-refractivity contribution is 5.82. The van der Waals surface area contributed by atoms with Gasteiger partial charge in [0.1, 0.15) is 5.75 Å². The van der Waals surface area contributed by atoms with Gasteiger partial charge in [-0.25, -0.2) is 0 Å². The van der Waals surface area contributed by atoms with Crippen LogP contribution in [0.3, 0.4) is 0 Å². The van der Waals surface area contributed by atoms with Crippen molar-refractivity contribution in [1.29, 1.82) is 0 Å². The normalized spacial score (nSPS) is 16.8. The summed E-state index contributed by atoms with van der Waals surface area (Å²) in [6.45, 7) is 4.44. The first-order chi connectivity index (χ1) is 13.7. The van der Waals surface area contributed by atoms with E-state index in [0.717, 1.165) is 11.4 Å². The minimum Gasteiger partial charge on any atom is -0.497 e. The molecule has 1 atom stereocenters. The average molecular weight is 367 g/mol. The smallest absolute Gasteiger partial charge is 0.119 e. The fraction of sp³-hybridized carbons (Fsp3) is 0.154. The molecule has 2 heteroatoms. The Labute approximate surface area is 167 Å². The number of nitrogens with zero attached hydrogens (tertiary/aromatic N) is 1. The van der Waals surface area contributed by atoms with Gasteiger partial charge in [-0.15, -0.1) is 0 Å². The quantitative estimate of drug-likeness (QED) is 0.513. The Hall–Kier alpha value is -3.26. The molecular formula is C26H25NO. The third kappa shape index (κ3) is 3.34. The Balaban J connectivity index is 1.87. The lowest BCUT2D eigenvalue weighted by Gasteiger charge is -2.39. The Morgan fingerprint density at radius 2 is 1.36 bits per heavy atom. The predicted octanol–water partition coefficient (Wildman–Crippen LogP) is 6.63. The number of methoxy groups -OCH3 is 1. The average Bonchev–Trinajstić information content (AvgIpc) is 2.76. The monoisotopic (exact) mass is 367 g/mol. The van der Waals surface area contributed by atoms with Crippen LogP contribution in [-0.2, 0) is 0 Å². The number of allylic oxidation sites excluding steroid dienone is 3. The van der Waals surface area contributed by atoms with Crippen LogP contribution in [0.25, 0.3) is 5.57 Å². The highest BCUT2D eigenvalue weighted by Crippen LogP contribution is 2.43. The van der Waals surface area contributed by atoms with Crippen molar-refractivity contribution in [2.45, 2.75) is 19.9 Å². The standard InChI is InChI=1S/C26H25NO/c1-19-18-25(21-10-6-4-7-11-21)20(2)26(22-12-8-5-9-13-22)27(19)23-14-16-24(28-3)17-15-23/h4-18,26H,1-3H3. The van der Waals surface area contributed by atoms with Gasteiger partial charge in [0.15, 0.2) is 0 Å². The summed E-state index contributed by atoms with van der Waals surface area (Å²) in [6, 6.07) is 29.8. The maximum atomic E-state index is 5.35. The zero-order valence-corrected chi connectivity index (χ0v) is 16.6. The van der Waals surface area contributed by atoms with Crippen molar-refractivity contribution >= 4 is 11.3 Å². The fourth-order valence-electron chi connectivity index (χ4n) is 4.00. The van der Waals surface area contributed by atoms with Gasteiger partial charge >= 0.3 is 0 Å². The Morgan fingerprint density at radius 1 is 0.750 bits per heavy atom. The van der Waals surface area contributed by atoms with E-state index in [4.69, 9.17) is 4.74 Å².